The van der Waals surface area contributed by atoms with E-state index in [1.54, 1.807) is 44.9 Å². The van der Waals surface area contributed by atoms with E-state index in [0.29, 0.717) is 5.82 Å². The number of benzene rings is 2. The highest BCUT2D eigenvalue weighted by Gasteiger charge is 2.30. The second-order valence-corrected chi connectivity index (χ2v) is 10.4. The van der Waals surface area contributed by atoms with Crippen LogP contribution in [0, 0.1) is 0 Å². The molecule has 0 saturated carbocycles. The number of pyridine rings is 1. The highest BCUT2D eigenvalue weighted by Crippen LogP contribution is 2.36. The molecule has 1 aliphatic heterocycles. The molecule has 0 saturated heterocycles. The lowest BCUT2D eigenvalue weighted by atomic mass is 9.99. The van der Waals surface area contributed by atoms with E-state index in [9.17, 15) is 8.42 Å². The largest absolute Gasteiger partial charge is 0.497 e. The number of rotatable bonds is 8. The molecule has 2 aromatic carbocycles. The molecule has 1 aromatic heterocycles. The average Bonchev–Trinajstić information content (AvgIpc) is 3.18. The van der Waals surface area contributed by atoms with Crippen molar-refractivity contribution in [3.63, 3.8) is 0 Å². The number of aromatic nitrogens is 1. The van der Waals surface area contributed by atoms with Gasteiger partial charge in [-0.25, -0.2) is 13.4 Å². The van der Waals surface area contributed by atoms with Crippen molar-refractivity contribution >= 4 is 27.9 Å². The van der Waals surface area contributed by atoms with Crippen LogP contribution in [-0.4, -0.2) is 56.2 Å². The lowest BCUT2D eigenvalue weighted by molar-refractivity contribution is 0.386. The van der Waals surface area contributed by atoms with Gasteiger partial charge in [-0.15, -0.1) is 0 Å². The molecule has 0 bridgehead atoms. The summed E-state index contributed by atoms with van der Waals surface area (Å²) in [6, 6.07) is 18.0. The number of methoxy groups -OCH3 is 1. The molecule has 8 nitrogen and oxygen atoms in total. The Bertz CT molecular complexity index is 1260. The van der Waals surface area contributed by atoms with Gasteiger partial charge in [-0.05, 0) is 55.0 Å². The summed E-state index contributed by atoms with van der Waals surface area (Å²) in [4.78, 5) is 11.2. The molecular weight excluding hydrogens is 450 g/mol. The van der Waals surface area contributed by atoms with E-state index in [1.807, 2.05) is 54.4 Å². The Morgan fingerprint density at radius 2 is 1.88 bits per heavy atom. The summed E-state index contributed by atoms with van der Waals surface area (Å²) in [5, 5.41) is 3.32. The first-order valence-corrected chi connectivity index (χ1v) is 12.4. The minimum Gasteiger partial charge on any atom is -0.497 e. The van der Waals surface area contributed by atoms with Crippen LogP contribution in [0.25, 0.3) is 0 Å². The number of ether oxygens (including phenoxy) is 1. The van der Waals surface area contributed by atoms with Crippen molar-refractivity contribution in [3.8, 4) is 5.75 Å². The summed E-state index contributed by atoms with van der Waals surface area (Å²) in [6.45, 7) is 2.31. The quantitative estimate of drug-likeness (QED) is 0.524. The van der Waals surface area contributed by atoms with Crippen LogP contribution < -0.4 is 10.1 Å². The average molecular weight is 480 g/mol. The Morgan fingerprint density at radius 1 is 1.12 bits per heavy atom. The van der Waals surface area contributed by atoms with Gasteiger partial charge < -0.3 is 15.0 Å². The molecule has 0 radical (unpaired) electrons. The first-order chi connectivity index (χ1) is 16.3. The number of sulfonamides is 1. The maximum Gasteiger partial charge on any atom is 0.243 e. The molecule has 0 aliphatic carbocycles. The molecule has 0 amide bonds. The van der Waals surface area contributed by atoms with Gasteiger partial charge in [0.1, 0.15) is 11.6 Å². The molecule has 9 heteroatoms. The fraction of sp³-hybridized carbons (Fsp3) is 0.280. The molecule has 0 fully saturated rings. The third-order valence-electron chi connectivity index (χ3n) is 6.05. The van der Waals surface area contributed by atoms with Crippen LogP contribution in [0.5, 0.6) is 5.75 Å². The van der Waals surface area contributed by atoms with E-state index in [-0.39, 0.29) is 23.5 Å². The van der Waals surface area contributed by atoms with Crippen LogP contribution in [0.2, 0.25) is 0 Å². The van der Waals surface area contributed by atoms with Crippen molar-refractivity contribution in [1.82, 2.24) is 14.2 Å². The first kappa shape index (κ1) is 23.7. The Hall–Kier alpha value is -3.43. The summed E-state index contributed by atoms with van der Waals surface area (Å²) in [5.74, 6) is 1.41. The fourth-order valence-electron chi connectivity index (χ4n) is 3.86. The van der Waals surface area contributed by atoms with E-state index in [1.165, 1.54) is 4.31 Å². The zero-order valence-electron chi connectivity index (χ0n) is 19.7. The van der Waals surface area contributed by atoms with Crippen molar-refractivity contribution in [3.05, 3.63) is 78.0 Å². The van der Waals surface area contributed by atoms with Crippen LogP contribution in [0.3, 0.4) is 0 Å². The summed E-state index contributed by atoms with van der Waals surface area (Å²) in [7, 11) is 1.42. The molecule has 2 heterocycles. The van der Waals surface area contributed by atoms with Crippen LogP contribution in [0.1, 0.15) is 24.1 Å². The normalized spacial score (nSPS) is 17.9. The van der Waals surface area contributed by atoms with Crippen molar-refractivity contribution in [2.75, 3.05) is 26.5 Å². The highest BCUT2D eigenvalue weighted by molar-refractivity contribution is 7.89. The molecule has 3 aromatic rings. The summed E-state index contributed by atoms with van der Waals surface area (Å²) >= 11 is 0. The van der Waals surface area contributed by atoms with Gasteiger partial charge in [0.25, 0.3) is 0 Å². The standard InChI is InChI=1S/C25H29N5O3S/c1-18-25(27-17-29(18)2)22-15-21(12-13-23(22)28-24-7-5-6-14-26-24)34(31,32)30(3)16-19-8-10-20(33-4)11-9-19/h5-15,17-18,25H,16H2,1-4H3,(H,26,28). The topological polar surface area (TPSA) is 87.1 Å². The zero-order valence-corrected chi connectivity index (χ0v) is 20.5. The third-order valence-corrected chi connectivity index (χ3v) is 7.85. The van der Waals surface area contributed by atoms with Gasteiger partial charge in [0, 0.05) is 38.1 Å². The number of likely N-dealkylation sites (N-methyl/N-ethyl adjacent to an activating group) is 1. The van der Waals surface area contributed by atoms with E-state index in [2.05, 4.69) is 22.2 Å². The molecule has 0 spiro atoms. The fourth-order valence-corrected chi connectivity index (χ4v) is 5.05. The van der Waals surface area contributed by atoms with Crippen molar-refractivity contribution in [1.29, 1.82) is 0 Å². The minimum absolute atomic E-state index is 0.0827. The van der Waals surface area contributed by atoms with Crippen molar-refractivity contribution in [2.45, 2.75) is 30.4 Å². The molecule has 178 valence electrons. The second-order valence-electron chi connectivity index (χ2n) is 8.31. The minimum atomic E-state index is -3.73. The number of aliphatic imine (C=N–C) groups is 1. The summed E-state index contributed by atoms with van der Waals surface area (Å²) < 4.78 is 33.5. The number of nitrogens with one attached hydrogen (secondary N) is 1. The lowest BCUT2D eigenvalue weighted by Crippen LogP contribution is -2.28. The van der Waals surface area contributed by atoms with E-state index in [4.69, 9.17) is 4.74 Å². The maximum atomic E-state index is 13.5. The number of hydrogen-bond donors (Lipinski definition) is 1. The van der Waals surface area contributed by atoms with Gasteiger partial charge >= 0.3 is 0 Å². The van der Waals surface area contributed by atoms with Crippen LogP contribution in [0.15, 0.2) is 76.7 Å². The van der Waals surface area contributed by atoms with Gasteiger partial charge in [0.05, 0.1) is 30.4 Å². The highest BCUT2D eigenvalue weighted by atomic mass is 32.2. The maximum absolute atomic E-state index is 13.5. The summed E-state index contributed by atoms with van der Waals surface area (Å²) in [6.07, 6.45) is 3.50. The molecule has 2 unspecified atom stereocenters. The zero-order chi connectivity index (χ0) is 24.3. The van der Waals surface area contributed by atoms with E-state index in [0.717, 1.165) is 22.6 Å². The Labute approximate surface area is 201 Å². The van der Waals surface area contributed by atoms with Gasteiger partial charge in [0.15, 0.2) is 0 Å². The molecule has 1 N–H and O–H groups in total. The number of anilines is 2. The van der Waals surface area contributed by atoms with Crippen LogP contribution in [0.4, 0.5) is 11.5 Å². The molecular formula is C25H29N5O3S. The van der Waals surface area contributed by atoms with Crippen molar-refractivity contribution in [2.24, 2.45) is 4.99 Å². The SMILES string of the molecule is COc1ccc(CN(C)S(=O)(=O)c2ccc(Nc3ccccn3)c(C3N=CN(C)C3C)c2)cc1. The van der Waals surface area contributed by atoms with Crippen LogP contribution in [-0.2, 0) is 16.6 Å². The van der Waals surface area contributed by atoms with E-state index < -0.39 is 10.0 Å². The van der Waals surface area contributed by atoms with Gasteiger partial charge in [-0.3, -0.25) is 4.99 Å². The number of hydrogen-bond acceptors (Lipinski definition) is 7. The monoisotopic (exact) mass is 479 g/mol. The predicted molar refractivity (Wildman–Crippen MR) is 134 cm³/mol. The molecule has 34 heavy (non-hydrogen) atoms. The first-order valence-electron chi connectivity index (χ1n) is 11.0. The molecule has 4 rings (SSSR count). The molecule has 2 atom stereocenters. The van der Waals surface area contributed by atoms with Gasteiger partial charge in [-0.2, -0.15) is 4.31 Å². The predicted octanol–water partition coefficient (Wildman–Crippen LogP) is 4.06. The Kier molecular flexibility index (Phi) is 6.85. The number of nitrogens with zero attached hydrogens (tertiary/aromatic N) is 4. The Balaban J connectivity index is 1.66. The third kappa shape index (κ3) is 4.90. The summed E-state index contributed by atoms with van der Waals surface area (Å²) in [5.41, 5.74) is 2.45. The lowest BCUT2D eigenvalue weighted by Gasteiger charge is -2.24. The van der Waals surface area contributed by atoms with Crippen molar-refractivity contribution < 1.29 is 13.2 Å². The van der Waals surface area contributed by atoms with Gasteiger partial charge in [-0.1, -0.05) is 18.2 Å². The van der Waals surface area contributed by atoms with E-state index >= 15 is 0 Å². The van der Waals surface area contributed by atoms with Gasteiger partial charge in [0.2, 0.25) is 10.0 Å². The van der Waals surface area contributed by atoms with Crippen LogP contribution >= 0.6 is 0 Å². The second kappa shape index (κ2) is 9.82. The molecule has 1 aliphatic rings. The smallest absolute Gasteiger partial charge is 0.243 e. The Morgan fingerprint density at radius 3 is 2.50 bits per heavy atom.